The highest BCUT2D eigenvalue weighted by atomic mass is 16.4. The first-order valence-corrected chi connectivity index (χ1v) is 6.65. The fourth-order valence-corrected chi connectivity index (χ4v) is 1.76. The summed E-state index contributed by atoms with van der Waals surface area (Å²) in [7, 11) is 1.51. The van der Waals surface area contributed by atoms with Crippen molar-refractivity contribution in [3.63, 3.8) is 0 Å². The maximum atomic E-state index is 11.9. The molecule has 0 heterocycles. The average Bonchev–Trinajstić information content (AvgIpc) is 2.27. The van der Waals surface area contributed by atoms with Gasteiger partial charge in [-0.3, -0.25) is 9.59 Å². The van der Waals surface area contributed by atoms with Crippen LogP contribution < -0.4 is 5.32 Å². The van der Waals surface area contributed by atoms with Gasteiger partial charge in [-0.05, 0) is 27.7 Å². The molecule has 0 aromatic heterocycles. The monoisotopic (exact) mass is 287 g/mol. The van der Waals surface area contributed by atoms with Crippen molar-refractivity contribution in [3.05, 3.63) is 0 Å². The molecule has 0 fully saturated rings. The summed E-state index contributed by atoms with van der Waals surface area (Å²) in [5.74, 6) is -1.12. The molecule has 116 valence electrons. The van der Waals surface area contributed by atoms with Gasteiger partial charge in [0.05, 0.1) is 6.42 Å². The summed E-state index contributed by atoms with van der Waals surface area (Å²) < 4.78 is 0. The molecule has 0 atom stereocenters. The van der Waals surface area contributed by atoms with Gasteiger partial charge in [-0.1, -0.05) is 0 Å². The maximum Gasteiger partial charge on any atom is 0.318 e. The Morgan fingerprint density at radius 3 is 2.05 bits per heavy atom. The first-order chi connectivity index (χ1) is 9.12. The van der Waals surface area contributed by atoms with E-state index < -0.39 is 17.5 Å². The minimum absolute atomic E-state index is 0.0311. The first kappa shape index (κ1) is 18.2. The molecule has 7 nitrogen and oxygen atoms in total. The Bertz CT molecular complexity index is 365. The van der Waals surface area contributed by atoms with Gasteiger partial charge < -0.3 is 20.2 Å². The van der Waals surface area contributed by atoms with E-state index in [-0.39, 0.29) is 18.9 Å². The zero-order valence-corrected chi connectivity index (χ0v) is 12.9. The fraction of sp³-hybridized carbons (Fsp3) is 0.769. The molecule has 0 rings (SSSR count). The van der Waals surface area contributed by atoms with E-state index in [0.29, 0.717) is 13.1 Å². The highest BCUT2D eigenvalue weighted by Crippen LogP contribution is 2.08. The fourth-order valence-electron chi connectivity index (χ4n) is 1.76. The molecule has 0 unspecified atom stereocenters. The molecule has 3 amide bonds. The van der Waals surface area contributed by atoms with E-state index in [1.54, 1.807) is 18.7 Å². The minimum Gasteiger partial charge on any atom is -0.481 e. The number of urea groups is 1. The van der Waals surface area contributed by atoms with E-state index in [4.69, 9.17) is 5.11 Å². The van der Waals surface area contributed by atoms with Crippen LogP contribution in [0.4, 0.5) is 4.79 Å². The van der Waals surface area contributed by atoms with Gasteiger partial charge in [-0.25, -0.2) is 4.79 Å². The first-order valence-electron chi connectivity index (χ1n) is 6.65. The number of carboxylic acids is 1. The molecular formula is C13H25N3O4. The van der Waals surface area contributed by atoms with E-state index in [9.17, 15) is 14.4 Å². The number of rotatable bonds is 7. The molecule has 0 aliphatic rings. The van der Waals surface area contributed by atoms with Gasteiger partial charge in [0.15, 0.2) is 0 Å². The van der Waals surface area contributed by atoms with Crippen LogP contribution in [0.3, 0.4) is 0 Å². The highest BCUT2D eigenvalue weighted by Gasteiger charge is 2.26. The molecule has 20 heavy (non-hydrogen) atoms. The number of carbonyl (C=O) groups excluding carboxylic acids is 2. The molecule has 0 aromatic carbocycles. The summed E-state index contributed by atoms with van der Waals surface area (Å²) in [6.07, 6.45) is -0.184. The Kier molecular flexibility index (Phi) is 7.02. The van der Waals surface area contributed by atoms with Crippen LogP contribution in [0.15, 0.2) is 0 Å². The third-order valence-electron chi connectivity index (χ3n) is 2.87. The molecule has 7 heteroatoms. The smallest absolute Gasteiger partial charge is 0.318 e. The summed E-state index contributed by atoms with van der Waals surface area (Å²) in [5.41, 5.74) is -0.866. The van der Waals surface area contributed by atoms with E-state index in [1.807, 2.05) is 13.8 Å². The second kappa shape index (κ2) is 7.72. The van der Waals surface area contributed by atoms with Crippen LogP contribution in [0.2, 0.25) is 0 Å². The number of hydrogen-bond donors (Lipinski definition) is 2. The number of aliphatic carboxylic acids is 1. The molecule has 0 radical (unpaired) electrons. The Labute approximate surface area is 119 Å². The number of hydrogen-bond acceptors (Lipinski definition) is 3. The topological polar surface area (TPSA) is 90.0 Å². The largest absolute Gasteiger partial charge is 0.481 e. The Hall–Kier alpha value is -1.79. The van der Waals surface area contributed by atoms with Crippen LogP contribution in [0.1, 0.15) is 34.1 Å². The zero-order valence-electron chi connectivity index (χ0n) is 12.9. The molecule has 0 aliphatic heterocycles. The Morgan fingerprint density at radius 2 is 1.65 bits per heavy atom. The second-order valence-electron chi connectivity index (χ2n) is 5.31. The molecule has 0 aromatic rings. The lowest BCUT2D eigenvalue weighted by Crippen LogP contribution is -2.52. The lowest BCUT2D eigenvalue weighted by atomic mass is 10.0. The van der Waals surface area contributed by atoms with Crippen molar-refractivity contribution >= 4 is 17.9 Å². The molecule has 0 saturated carbocycles. The third kappa shape index (κ3) is 6.40. The zero-order chi connectivity index (χ0) is 15.9. The average molecular weight is 287 g/mol. The van der Waals surface area contributed by atoms with Crippen molar-refractivity contribution in [2.45, 2.75) is 39.7 Å². The van der Waals surface area contributed by atoms with Gasteiger partial charge in [0.25, 0.3) is 0 Å². The predicted octanol–water partition coefficient (Wildman–Crippen LogP) is 0.750. The molecular weight excluding hydrogens is 262 g/mol. The minimum atomic E-state index is -0.989. The van der Waals surface area contributed by atoms with Crippen molar-refractivity contribution in [2.24, 2.45) is 0 Å². The van der Waals surface area contributed by atoms with Crippen molar-refractivity contribution in [1.29, 1.82) is 0 Å². The van der Waals surface area contributed by atoms with Crippen molar-refractivity contribution in [2.75, 3.05) is 26.7 Å². The van der Waals surface area contributed by atoms with Gasteiger partial charge in [-0.2, -0.15) is 0 Å². The highest BCUT2D eigenvalue weighted by molar-refractivity contribution is 5.84. The van der Waals surface area contributed by atoms with Gasteiger partial charge in [0.1, 0.15) is 6.54 Å². The summed E-state index contributed by atoms with van der Waals surface area (Å²) >= 11 is 0. The molecule has 0 saturated heterocycles. The summed E-state index contributed by atoms with van der Waals surface area (Å²) in [6, 6.07) is -0.461. The SMILES string of the molecule is CCN(CC)C(=O)CN(C)C(=O)NC(C)(C)CC(=O)O. The van der Waals surface area contributed by atoms with Crippen molar-refractivity contribution in [3.8, 4) is 0 Å². The van der Waals surface area contributed by atoms with Crippen LogP contribution in [0, 0.1) is 0 Å². The lowest BCUT2D eigenvalue weighted by molar-refractivity contribution is -0.138. The van der Waals surface area contributed by atoms with E-state index in [0.717, 1.165) is 0 Å². The van der Waals surface area contributed by atoms with Gasteiger partial charge in [-0.15, -0.1) is 0 Å². The van der Waals surface area contributed by atoms with Crippen LogP contribution >= 0.6 is 0 Å². The maximum absolute atomic E-state index is 11.9. The Morgan fingerprint density at radius 1 is 1.15 bits per heavy atom. The number of carbonyl (C=O) groups is 3. The van der Waals surface area contributed by atoms with E-state index in [1.165, 1.54) is 11.9 Å². The second-order valence-corrected chi connectivity index (χ2v) is 5.31. The van der Waals surface area contributed by atoms with Gasteiger partial charge >= 0.3 is 12.0 Å². The number of likely N-dealkylation sites (N-methyl/N-ethyl adjacent to an activating group) is 2. The van der Waals surface area contributed by atoms with Crippen LogP contribution in [0.5, 0.6) is 0 Å². The number of carboxylic acid groups (broad SMARTS) is 1. The van der Waals surface area contributed by atoms with Gasteiger partial charge in [0.2, 0.25) is 5.91 Å². The lowest BCUT2D eigenvalue weighted by Gasteiger charge is -2.29. The standard InChI is InChI=1S/C13H25N3O4/c1-6-16(7-2)10(17)9-15(5)12(20)14-13(3,4)8-11(18)19/h6-9H2,1-5H3,(H,14,20)(H,18,19). The van der Waals surface area contributed by atoms with Gasteiger partial charge in [0, 0.05) is 25.7 Å². The summed E-state index contributed by atoms with van der Waals surface area (Å²) in [4.78, 5) is 37.4. The van der Waals surface area contributed by atoms with Crippen molar-refractivity contribution < 1.29 is 19.5 Å². The predicted molar refractivity (Wildman–Crippen MR) is 75.4 cm³/mol. The van der Waals surface area contributed by atoms with Crippen LogP contribution in [-0.4, -0.2) is 65.0 Å². The molecule has 0 bridgehead atoms. The van der Waals surface area contributed by atoms with Crippen LogP contribution in [-0.2, 0) is 9.59 Å². The van der Waals surface area contributed by atoms with E-state index in [2.05, 4.69) is 5.32 Å². The molecule has 0 spiro atoms. The summed E-state index contributed by atoms with van der Waals surface area (Å²) in [5, 5.41) is 11.4. The Balaban J connectivity index is 4.49. The van der Waals surface area contributed by atoms with Crippen LogP contribution in [0.25, 0.3) is 0 Å². The molecule has 2 N–H and O–H groups in total. The number of amides is 3. The number of nitrogens with zero attached hydrogens (tertiary/aromatic N) is 2. The van der Waals surface area contributed by atoms with Crippen molar-refractivity contribution in [1.82, 2.24) is 15.1 Å². The molecule has 0 aliphatic carbocycles. The number of nitrogens with one attached hydrogen (secondary N) is 1. The third-order valence-corrected chi connectivity index (χ3v) is 2.87. The normalized spacial score (nSPS) is 10.8. The quantitative estimate of drug-likeness (QED) is 0.723. The van der Waals surface area contributed by atoms with E-state index >= 15 is 0 Å². The summed E-state index contributed by atoms with van der Waals surface area (Å²) in [6.45, 7) is 8.15.